The normalized spacial score (nSPS) is 14.8. The van der Waals surface area contributed by atoms with Crippen LogP contribution in [0.25, 0.3) is 5.69 Å². The summed E-state index contributed by atoms with van der Waals surface area (Å²) >= 11 is 3.30. The van der Waals surface area contributed by atoms with E-state index in [1.807, 2.05) is 45.0 Å². The molecule has 158 valence electrons. The van der Waals surface area contributed by atoms with Crippen molar-refractivity contribution in [3.05, 3.63) is 85.9 Å². The number of hydrogen-bond acceptors (Lipinski definition) is 4. The lowest BCUT2D eigenvalue weighted by Crippen LogP contribution is -2.37. The van der Waals surface area contributed by atoms with Crippen LogP contribution in [0, 0.1) is 12.3 Å². The molecule has 1 aliphatic rings. The third-order valence-corrected chi connectivity index (χ3v) is 5.86. The minimum Gasteiger partial charge on any atom is -0.306 e. The smallest absolute Gasteiger partial charge is 0.268 e. The van der Waals surface area contributed by atoms with E-state index >= 15 is 0 Å². The molecule has 1 aliphatic carbocycles. The van der Waals surface area contributed by atoms with Gasteiger partial charge < -0.3 is 5.32 Å². The molecule has 1 N–H and O–H groups in total. The number of fused-ring (bicyclic) bond motifs is 1. The van der Waals surface area contributed by atoms with Crippen LogP contribution in [0.3, 0.4) is 0 Å². The van der Waals surface area contributed by atoms with E-state index in [0.717, 1.165) is 10.0 Å². The maximum Gasteiger partial charge on any atom is 0.268 e. The van der Waals surface area contributed by atoms with Crippen LogP contribution in [0.4, 0.5) is 5.82 Å². The standard InChI is InChI=1S/C24H22BrN3O3/c1-14-4-7-16(8-5-14)28-19-11-24(2,3)12-20(29)17(19)10-18(23(28)31)22(30)27-21-9-6-15(25)13-26-21/h4-10,13H,11-12H2,1-3H3,(H,26,27,30). The fourth-order valence-corrected chi connectivity index (χ4v) is 4.11. The van der Waals surface area contributed by atoms with Gasteiger partial charge in [0.2, 0.25) is 0 Å². The van der Waals surface area contributed by atoms with Gasteiger partial charge in [-0.2, -0.15) is 0 Å². The first-order valence-corrected chi connectivity index (χ1v) is 10.8. The first-order chi connectivity index (χ1) is 14.6. The molecule has 2 heterocycles. The number of aromatic nitrogens is 2. The third kappa shape index (κ3) is 4.23. The molecule has 0 saturated heterocycles. The number of hydrogen-bond donors (Lipinski definition) is 1. The van der Waals surface area contributed by atoms with Gasteiger partial charge in [0.05, 0.1) is 0 Å². The van der Waals surface area contributed by atoms with Crippen LogP contribution in [0.2, 0.25) is 0 Å². The van der Waals surface area contributed by atoms with Gasteiger partial charge in [0, 0.05) is 34.0 Å². The molecular formula is C24H22BrN3O3. The molecule has 0 saturated carbocycles. The number of rotatable bonds is 3. The van der Waals surface area contributed by atoms with Crippen LogP contribution in [-0.2, 0) is 6.42 Å². The number of amides is 1. The number of aryl methyl sites for hydroxylation is 1. The topological polar surface area (TPSA) is 81.1 Å². The second-order valence-corrected chi connectivity index (χ2v) is 9.57. The Kier molecular flexibility index (Phi) is 5.39. The van der Waals surface area contributed by atoms with E-state index in [9.17, 15) is 14.4 Å². The second kappa shape index (κ2) is 7.89. The molecule has 0 aliphatic heterocycles. The Morgan fingerprint density at radius 2 is 1.81 bits per heavy atom. The molecule has 0 spiro atoms. The van der Waals surface area contributed by atoms with Gasteiger partial charge in [0.25, 0.3) is 11.5 Å². The lowest BCUT2D eigenvalue weighted by molar-refractivity contribution is 0.0909. The van der Waals surface area contributed by atoms with E-state index in [-0.39, 0.29) is 16.8 Å². The van der Waals surface area contributed by atoms with Crippen molar-refractivity contribution in [1.82, 2.24) is 9.55 Å². The van der Waals surface area contributed by atoms with Crippen molar-refractivity contribution in [2.75, 3.05) is 5.32 Å². The van der Waals surface area contributed by atoms with Crippen molar-refractivity contribution in [1.29, 1.82) is 0 Å². The number of nitrogens with one attached hydrogen (secondary N) is 1. The van der Waals surface area contributed by atoms with Gasteiger partial charge in [-0.3, -0.25) is 19.0 Å². The molecule has 0 bridgehead atoms. The van der Waals surface area contributed by atoms with Crippen LogP contribution in [0.5, 0.6) is 0 Å². The predicted molar refractivity (Wildman–Crippen MR) is 123 cm³/mol. The molecule has 7 heteroatoms. The zero-order valence-electron chi connectivity index (χ0n) is 17.5. The number of benzene rings is 1. The monoisotopic (exact) mass is 479 g/mol. The van der Waals surface area contributed by atoms with Crippen LogP contribution in [0.1, 0.15) is 52.2 Å². The highest BCUT2D eigenvalue weighted by Crippen LogP contribution is 2.35. The van der Waals surface area contributed by atoms with E-state index in [1.165, 1.54) is 10.6 Å². The molecule has 1 amide bonds. The number of halogens is 1. The van der Waals surface area contributed by atoms with Crippen LogP contribution < -0.4 is 10.9 Å². The Hall–Kier alpha value is -3.06. The first-order valence-electron chi connectivity index (χ1n) is 9.97. The number of pyridine rings is 2. The minimum atomic E-state index is -0.596. The van der Waals surface area contributed by atoms with Gasteiger partial charge in [-0.1, -0.05) is 31.5 Å². The number of carbonyl (C=O) groups excluding carboxylic acids is 2. The summed E-state index contributed by atoms with van der Waals surface area (Å²) in [4.78, 5) is 43.6. The zero-order valence-corrected chi connectivity index (χ0v) is 19.1. The predicted octanol–water partition coefficient (Wildman–Crippen LogP) is 4.71. The Bertz CT molecular complexity index is 1240. The summed E-state index contributed by atoms with van der Waals surface area (Å²) in [6, 6.07) is 12.3. The molecule has 1 aromatic carbocycles. The number of nitrogens with zero attached hydrogens (tertiary/aromatic N) is 2. The summed E-state index contributed by atoms with van der Waals surface area (Å²) < 4.78 is 2.28. The maximum absolute atomic E-state index is 13.5. The second-order valence-electron chi connectivity index (χ2n) is 8.65. The highest BCUT2D eigenvalue weighted by Gasteiger charge is 2.35. The fraction of sp³-hybridized carbons (Fsp3) is 0.250. The minimum absolute atomic E-state index is 0.0667. The van der Waals surface area contributed by atoms with E-state index < -0.39 is 11.5 Å². The number of anilines is 1. The van der Waals surface area contributed by atoms with E-state index in [2.05, 4.69) is 26.2 Å². The van der Waals surface area contributed by atoms with Crippen molar-refractivity contribution in [2.45, 2.75) is 33.6 Å². The van der Waals surface area contributed by atoms with Crippen molar-refractivity contribution in [2.24, 2.45) is 5.41 Å². The van der Waals surface area contributed by atoms with Gasteiger partial charge in [0.1, 0.15) is 11.4 Å². The summed E-state index contributed by atoms with van der Waals surface area (Å²) in [6.07, 6.45) is 2.48. The van der Waals surface area contributed by atoms with Crippen molar-refractivity contribution >= 4 is 33.4 Å². The van der Waals surface area contributed by atoms with Crippen LogP contribution in [-0.4, -0.2) is 21.2 Å². The zero-order chi connectivity index (χ0) is 22.3. The Morgan fingerprint density at radius 1 is 1.10 bits per heavy atom. The fourth-order valence-electron chi connectivity index (χ4n) is 3.88. The van der Waals surface area contributed by atoms with Gasteiger partial charge in [0.15, 0.2) is 5.78 Å². The van der Waals surface area contributed by atoms with Gasteiger partial charge in [-0.15, -0.1) is 0 Å². The van der Waals surface area contributed by atoms with Crippen molar-refractivity contribution in [3.8, 4) is 5.69 Å². The lowest BCUT2D eigenvalue weighted by Gasteiger charge is -2.32. The summed E-state index contributed by atoms with van der Waals surface area (Å²) in [6.45, 7) is 5.99. The molecule has 0 fully saturated rings. The number of carbonyl (C=O) groups is 2. The average molecular weight is 480 g/mol. The molecule has 0 unspecified atom stereocenters. The largest absolute Gasteiger partial charge is 0.306 e. The van der Waals surface area contributed by atoms with Gasteiger partial charge >= 0.3 is 0 Å². The average Bonchev–Trinajstić information content (AvgIpc) is 2.69. The molecule has 4 rings (SSSR count). The van der Waals surface area contributed by atoms with Crippen LogP contribution in [0.15, 0.2) is 57.9 Å². The molecule has 0 atom stereocenters. The summed E-state index contributed by atoms with van der Waals surface area (Å²) in [7, 11) is 0. The molecule has 2 aromatic heterocycles. The van der Waals surface area contributed by atoms with E-state index in [4.69, 9.17) is 0 Å². The molecule has 31 heavy (non-hydrogen) atoms. The Morgan fingerprint density at radius 3 is 2.45 bits per heavy atom. The highest BCUT2D eigenvalue weighted by atomic mass is 79.9. The molecule has 3 aromatic rings. The van der Waals surface area contributed by atoms with Crippen molar-refractivity contribution < 1.29 is 9.59 Å². The Labute approximate surface area is 188 Å². The highest BCUT2D eigenvalue weighted by molar-refractivity contribution is 9.10. The van der Waals surface area contributed by atoms with Crippen molar-refractivity contribution in [3.63, 3.8) is 0 Å². The lowest BCUT2D eigenvalue weighted by atomic mass is 9.75. The summed E-state index contributed by atoms with van der Waals surface area (Å²) in [5.41, 5.74) is 1.95. The SMILES string of the molecule is Cc1ccc(-n2c3c(cc(C(=O)Nc4ccc(Br)cn4)c2=O)C(=O)CC(C)(C)C3)cc1. The quantitative estimate of drug-likeness (QED) is 0.589. The van der Waals surface area contributed by atoms with Gasteiger partial charge in [-0.25, -0.2) is 4.98 Å². The molecule has 0 radical (unpaired) electrons. The molecule has 6 nitrogen and oxygen atoms in total. The molecular weight excluding hydrogens is 458 g/mol. The summed E-state index contributed by atoms with van der Waals surface area (Å²) in [5.74, 6) is -0.344. The van der Waals surface area contributed by atoms with E-state index in [1.54, 1.807) is 18.3 Å². The third-order valence-electron chi connectivity index (χ3n) is 5.39. The number of Topliss-reactive ketones (excluding diaryl/α,β-unsaturated/α-hetero) is 1. The van der Waals surface area contributed by atoms with Gasteiger partial charge in [-0.05, 0) is 65.0 Å². The Balaban J connectivity index is 1.88. The van der Waals surface area contributed by atoms with Crippen LogP contribution >= 0.6 is 15.9 Å². The maximum atomic E-state index is 13.5. The summed E-state index contributed by atoms with van der Waals surface area (Å²) in [5, 5.41) is 2.66. The first kappa shape index (κ1) is 21.2. The number of ketones is 1. The van der Waals surface area contributed by atoms with E-state index in [0.29, 0.717) is 35.6 Å².